The predicted molar refractivity (Wildman–Crippen MR) is 165 cm³/mol. The minimum absolute atomic E-state index is 0.165. The lowest BCUT2D eigenvalue weighted by Gasteiger charge is -2.41. The first-order chi connectivity index (χ1) is 19.4. The predicted octanol–water partition coefficient (Wildman–Crippen LogP) is 6.92. The molecule has 5 aromatic rings. The van der Waals surface area contributed by atoms with Crippen molar-refractivity contribution in [2.45, 2.75) is 13.1 Å². The summed E-state index contributed by atoms with van der Waals surface area (Å²) in [7, 11) is -0.266. The Labute approximate surface area is 234 Å². The summed E-state index contributed by atoms with van der Waals surface area (Å²) < 4.78 is 5.83. The highest BCUT2D eigenvalue weighted by Crippen LogP contribution is 2.41. The minimum Gasteiger partial charge on any atom is -0.496 e. The van der Waals surface area contributed by atoms with Crippen LogP contribution in [0.4, 0.5) is 17.1 Å². The van der Waals surface area contributed by atoms with Gasteiger partial charge in [-0.2, -0.15) is 0 Å². The van der Waals surface area contributed by atoms with Crippen LogP contribution in [-0.2, 0) is 0 Å². The summed E-state index contributed by atoms with van der Waals surface area (Å²) >= 11 is 0. The summed E-state index contributed by atoms with van der Waals surface area (Å²) in [5, 5.41) is 4.65. The number of nitrogens with zero attached hydrogens (tertiary/aromatic N) is 1. The maximum absolute atomic E-state index is 13.4. The zero-order valence-electron chi connectivity index (χ0n) is 22.6. The Balaban J connectivity index is 1.33. The summed E-state index contributed by atoms with van der Waals surface area (Å²) in [6, 6.07) is 34.6. The number of methoxy groups -OCH3 is 1. The zero-order chi connectivity index (χ0) is 27.6. The zero-order valence-corrected chi connectivity index (χ0v) is 23.6. The Bertz CT molecular complexity index is 1810. The van der Waals surface area contributed by atoms with E-state index in [1.54, 1.807) is 13.2 Å². The van der Waals surface area contributed by atoms with Gasteiger partial charge in [-0.1, -0.05) is 73.8 Å². The number of carbonyl (C=O) groups excluding carboxylic acids is 2. The molecule has 0 unspecified atom stereocenters. The number of allylic oxidation sites excluding steroid dienone is 1. The molecule has 2 aliphatic rings. The molecule has 0 N–H and O–H groups in total. The summed E-state index contributed by atoms with van der Waals surface area (Å²) in [5.74, 6) is 0.106. The minimum atomic E-state index is -1.89. The molecule has 194 valence electrons. The van der Waals surface area contributed by atoms with E-state index in [0.29, 0.717) is 22.4 Å². The first kappa shape index (κ1) is 24.3. The standard InChI is InChI=1S/C35H27NO3Si/c1-39-31-21-25(36-29-12-6-8-14-32(29)40(2,3)33-15-9-7-13-30(33)36)17-16-24(31)20-28-34(37)26-18-22-10-4-5-11-23(22)19-27(26)35(28)38/h4-21H,1-3H3. The van der Waals surface area contributed by atoms with Gasteiger partial charge in [0.1, 0.15) is 13.8 Å². The number of carbonyl (C=O) groups is 2. The number of para-hydroxylation sites is 2. The van der Waals surface area contributed by atoms with Gasteiger partial charge >= 0.3 is 0 Å². The fraction of sp³-hybridized carbons (Fsp3) is 0.0857. The van der Waals surface area contributed by atoms with E-state index in [1.807, 2.05) is 54.6 Å². The smallest absolute Gasteiger partial charge is 0.197 e. The van der Waals surface area contributed by atoms with Gasteiger partial charge in [-0.05, 0) is 63.6 Å². The van der Waals surface area contributed by atoms with E-state index >= 15 is 0 Å². The number of rotatable bonds is 3. The van der Waals surface area contributed by atoms with Crippen LogP contribution >= 0.6 is 0 Å². The topological polar surface area (TPSA) is 46.6 Å². The Hall–Kier alpha value is -4.74. The van der Waals surface area contributed by atoms with Crippen molar-refractivity contribution in [2.75, 3.05) is 12.0 Å². The van der Waals surface area contributed by atoms with Gasteiger partial charge in [0.2, 0.25) is 0 Å². The highest BCUT2D eigenvalue weighted by Gasteiger charge is 2.38. The van der Waals surface area contributed by atoms with E-state index in [2.05, 4.69) is 66.5 Å². The maximum Gasteiger partial charge on any atom is 0.197 e. The van der Waals surface area contributed by atoms with E-state index in [1.165, 1.54) is 21.7 Å². The monoisotopic (exact) mass is 537 g/mol. The summed E-state index contributed by atoms with van der Waals surface area (Å²) in [5.41, 5.74) is 5.08. The summed E-state index contributed by atoms with van der Waals surface area (Å²) in [6.45, 7) is 4.79. The lowest BCUT2D eigenvalue weighted by molar-refractivity contribution is 0.0990. The molecule has 0 radical (unpaired) electrons. The van der Waals surface area contributed by atoms with Crippen molar-refractivity contribution in [3.05, 3.63) is 125 Å². The number of ketones is 2. The van der Waals surface area contributed by atoms with Crippen LogP contribution in [0.2, 0.25) is 13.1 Å². The van der Waals surface area contributed by atoms with Gasteiger partial charge < -0.3 is 9.64 Å². The number of Topliss-reactive ketones (excluding diaryl/α,β-unsaturated/α-hetero) is 2. The molecule has 0 fully saturated rings. The van der Waals surface area contributed by atoms with Crippen molar-refractivity contribution < 1.29 is 14.3 Å². The molecule has 5 aromatic carbocycles. The summed E-state index contributed by atoms with van der Waals surface area (Å²) in [4.78, 5) is 29.0. The van der Waals surface area contributed by atoms with Crippen LogP contribution in [0, 0.1) is 0 Å². The van der Waals surface area contributed by atoms with Crippen molar-refractivity contribution in [1.29, 1.82) is 0 Å². The fourth-order valence-corrected chi connectivity index (χ4v) is 9.19. The van der Waals surface area contributed by atoms with Crippen molar-refractivity contribution in [2.24, 2.45) is 0 Å². The molecule has 5 heteroatoms. The van der Waals surface area contributed by atoms with E-state index in [9.17, 15) is 9.59 Å². The van der Waals surface area contributed by atoms with Crippen LogP contribution in [-0.4, -0.2) is 26.8 Å². The molecule has 7 rings (SSSR count). The van der Waals surface area contributed by atoms with Crippen molar-refractivity contribution >= 4 is 63.9 Å². The molecule has 1 heterocycles. The van der Waals surface area contributed by atoms with Crippen LogP contribution in [0.25, 0.3) is 16.8 Å². The summed E-state index contributed by atoms with van der Waals surface area (Å²) in [6.07, 6.45) is 1.67. The van der Waals surface area contributed by atoms with E-state index in [4.69, 9.17) is 4.74 Å². The Kier molecular flexibility index (Phi) is 5.41. The second-order valence-corrected chi connectivity index (χ2v) is 15.2. The normalized spacial score (nSPS) is 15.1. The lowest BCUT2D eigenvalue weighted by Crippen LogP contribution is -2.58. The van der Waals surface area contributed by atoms with E-state index < -0.39 is 8.07 Å². The van der Waals surface area contributed by atoms with Gasteiger partial charge in [-0.3, -0.25) is 9.59 Å². The Morgan fingerprint density at radius 3 is 1.75 bits per heavy atom. The van der Waals surface area contributed by atoms with Gasteiger partial charge in [0.15, 0.2) is 11.6 Å². The highest BCUT2D eigenvalue weighted by atomic mass is 28.3. The van der Waals surface area contributed by atoms with E-state index in [-0.39, 0.29) is 17.1 Å². The number of hydrogen-bond acceptors (Lipinski definition) is 4. The van der Waals surface area contributed by atoms with Crippen molar-refractivity contribution in [1.82, 2.24) is 0 Å². The molecule has 0 spiro atoms. The first-order valence-electron chi connectivity index (χ1n) is 13.4. The van der Waals surface area contributed by atoms with Crippen LogP contribution < -0.4 is 20.0 Å². The molecule has 1 aliphatic heterocycles. The van der Waals surface area contributed by atoms with Crippen LogP contribution in [0.15, 0.2) is 109 Å². The number of anilines is 3. The first-order valence-corrected chi connectivity index (χ1v) is 16.4. The Morgan fingerprint density at radius 1 is 0.675 bits per heavy atom. The molecule has 0 atom stereocenters. The molecule has 0 saturated heterocycles. The van der Waals surface area contributed by atoms with E-state index in [0.717, 1.165) is 16.5 Å². The third-order valence-electron chi connectivity index (χ3n) is 8.28. The fourth-order valence-electron chi connectivity index (χ4n) is 6.20. The third kappa shape index (κ3) is 3.51. The molecular weight excluding hydrogens is 510 g/mol. The van der Waals surface area contributed by atoms with Crippen molar-refractivity contribution in [3.63, 3.8) is 0 Å². The number of hydrogen-bond donors (Lipinski definition) is 0. The molecule has 40 heavy (non-hydrogen) atoms. The average Bonchev–Trinajstić information content (AvgIpc) is 3.20. The maximum atomic E-state index is 13.4. The largest absolute Gasteiger partial charge is 0.496 e. The molecule has 4 nitrogen and oxygen atoms in total. The average molecular weight is 538 g/mol. The lowest BCUT2D eigenvalue weighted by atomic mass is 10.0. The SMILES string of the molecule is COc1cc(N2c3ccccc3[Si](C)(C)c3ccccc32)ccc1C=C1C(=O)c2cc3ccccc3cc2C1=O. The number of ether oxygens (including phenoxy) is 1. The Morgan fingerprint density at radius 2 is 1.20 bits per heavy atom. The molecule has 1 aliphatic carbocycles. The van der Waals surface area contributed by atoms with Gasteiger partial charge in [-0.25, -0.2) is 0 Å². The second kappa shape index (κ2) is 8.90. The van der Waals surface area contributed by atoms with Gasteiger partial charge in [-0.15, -0.1) is 0 Å². The molecule has 0 saturated carbocycles. The van der Waals surface area contributed by atoms with Crippen LogP contribution in [0.1, 0.15) is 26.3 Å². The van der Waals surface area contributed by atoms with Crippen LogP contribution in [0.5, 0.6) is 5.75 Å². The quantitative estimate of drug-likeness (QED) is 0.142. The molecule has 0 bridgehead atoms. The van der Waals surface area contributed by atoms with Crippen molar-refractivity contribution in [3.8, 4) is 5.75 Å². The molecule has 0 amide bonds. The molecular formula is C35H27NO3Si. The van der Waals surface area contributed by atoms with Crippen LogP contribution in [0.3, 0.4) is 0 Å². The third-order valence-corrected chi connectivity index (χ3v) is 11.8. The van der Waals surface area contributed by atoms with Gasteiger partial charge in [0.25, 0.3) is 0 Å². The number of fused-ring (bicyclic) bond motifs is 4. The second-order valence-electron chi connectivity index (χ2n) is 10.9. The van der Waals surface area contributed by atoms with Gasteiger partial charge in [0, 0.05) is 39.8 Å². The van der Waals surface area contributed by atoms with Gasteiger partial charge in [0.05, 0.1) is 12.7 Å². The molecule has 0 aromatic heterocycles. The number of benzene rings is 5. The highest BCUT2D eigenvalue weighted by molar-refractivity contribution is 7.02.